The standard InChI is InChI=1S/C30H39F3N6O/c31-30(32,33)11-12-35-29-36-17-26-27(19-39(28(26)37-29)24-5-7-25(40)8-6-24)22-3-1-20(2-4-22)18-38-13-9-21(10-14-38)23-15-34-16-23/h1-4,17,19,21,23-25,34,40H,5-16,18H2,(H,35,36,37). The summed E-state index contributed by atoms with van der Waals surface area (Å²) in [5.74, 6) is 1.94. The van der Waals surface area contributed by atoms with Crippen molar-refractivity contribution in [2.24, 2.45) is 11.8 Å². The number of fused-ring (bicyclic) bond motifs is 1. The van der Waals surface area contributed by atoms with Crippen molar-refractivity contribution in [2.45, 2.75) is 69.8 Å². The lowest BCUT2D eigenvalue weighted by molar-refractivity contribution is -0.131. The second kappa shape index (κ2) is 11.7. The maximum Gasteiger partial charge on any atom is 0.390 e. The molecule has 2 aromatic heterocycles. The summed E-state index contributed by atoms with van der Waals surface area (Å²) < 4.78 is 40.1. The van der Waals surface area contributed by atoms with Gasteiger partial charge in [-0.1, -0.05) is 24.3 Å². The zero-order valence-corrected chi connectivity index (χ0v) is 22.8. The Balaban J connectivity index is 1.19. The number of aliphatic hydroxyl groups is 1. The van der Waals surface area contributed by atoms with E-state index in [0.717, 1.165) is 79.3 Å². The maximum atomic E-state index is 12.7. The van der Waals surface area contributed by atoms with Crippen LogP contribution in [0, 0.1) is 11.8 Å². The third-order valence-electron chi connectivity index (χ3n) is 9.11. The van der Waals surface area contributed by atoms with Crippen LogP contribution in [0.1, 0.15) is 56.6 Å². The van der Waals surface area contributed by atoms with E-state index in [0.29, 0.717) is 0 Å². The van der Waals surface area contributed by atoms with Gasteiger partial charge in [0.2, 0.25) is 5.95 Å². The summed E-state index contributed by atoms with van der Waals surface area (Å²) in [6.45, 7) is 5.37. The number of benzene rings is 1. The van der Waals surface area contributed by atoms with E-state index in [9.17, 15) is 18.3 Å². The van der Waals surface area contributed by atoms with Crippen molar-refractivity contribution in [1.29, 1.82) is 0 Å². The highest BCUT2D eigenvalue weighted by atomic mass is 19.4. The topological polar surface area (TPSA) is 78.2 Å². The van der Waals surface area contributed by atoms with Gasteiger partial charge in [0.1, 0.15) is 5.65 Å². The van der Waals surface area contributed by atoms with E-state index in [-0.39, 0.29) is 24.6 Å². The van der Waals surface area contributed by atoms with Crippen molar-refractivity contribution in [3.8, 4) is 11.1 Å². The summed E-state index contributed by atoms with van der Waals surface area (Å²) in [5, 5.41) is 17.1. The van der Waals surface area contributed by atoms with Gasteiger partial charge in [0.25, 0.3) is 0 Å². The molecule has 0 radical (unpaired) electrons. The molecule has 3 aromatic rings. The number of nitrogens with one attached hydrogen (secondary N) is 2. The molecule has 0 spiro atoms. The Morgan fingerprint density at radius 1 is 0.975 bits per heavy atom. The van der Waals surface area contributed by atoms with Crippen molar-refractivity contribution in [1.82, 2.24) is 24.8 Å². The van der Waals surface area contributed by atoms with Crippen LogP contribution >= 0.6 is 0 Å². The summed E-state index contributed by atoms with van der Waals surface area (Å²) in [6.07, 6.45) is 4.07. The number of aliphatic hydroxyl groups excluding tert-OH is 1. The highest BCUT2D eigenvalue weighted by molar-refractivity contribution is 5.94. The van der Waals surface area contributed by atoms with Crippen LogP contribution in [0.25, 0.3) is 22.2 Å². The summed E-state index contributed by atoms with van der Waals surface area (Å²) in [5.41, 5.74) is 4.10. The van der Waals surface area contributed by atoms with Crippen LogP contribution in [0.4, 0.5) is 19.1 Å². The molecule has 6 rings (SSSR count). The SMILES string of the molecule is OC1CCC(n2cc(-c3ccc(CN4CCC(C5CNC5)CC4)cc3)c3cnc(NCCC(F)(F)F)nc32)CC1. The van der Waals surface area contributed by atoms with Crippen LogP contribution in [-0.4, -0.2) is 69.5 Å². The molecular formula is C30H39F3N6O. The number of nitrogens with zero attached hydrogens (tertiary/aromatic N) is 4. The van der Waals surface area contributed by atoms with Crippen LogP contribution in [-0.2, 0) is 6.54 Å². The molecule has 216 valence electrons. The van der Waals surface area contributed by atoms with Gasteiger partial charge in [-0.25, -0.2) is 4.98 Å². The van der Waals surface area contributed by atoms with Gasteiger partial charge in [-0.05, 0) is 87.7 Å². The molecule has 3 N–H and O–H groups in total. The second-order valence-electron chi connectivity index (χ2n) is 11.9. The lowest BCUT2D eigenvalue weighted by Gasteiger charge is -2.40. The first-order chi connectivity index (χ1) is 19.3. The average molecular weight is 557 g/mol. The number of rotatable bonds is 8. The molecule has 7 nitrogen and oxygen atoms in total. The Bertz CT molecular complexity index is 1270. The van der Waals surface area contributed by atoms with Crippen molar-refractivity contribution >= 4 is 17.0 Å². The van der Waals surface area contributed by atoms with E-state index in [1.807, 2.05) is 0 Å². The molecule has 10 heteroatoms. The van der Waals surface area contributed by atoms with Crippen LogP contribution in [0.15, 0.2) is 36.7 Å². The molecular weight excluding hydrogens is 517 g/mol. The van der Waals surface area contributed by atoms with E-state index in [4.69, 9.17) is 0 Å². The van der Waals surface area contributed by atoms with Gasteiger partial charge < -0.3 is 20.3 Å². The van der Waals surface area contributed by atoms with Crippen LogP contribution in [0.5, 0.6) is 0 Å². The number of likely N-dealkylation sites (tertiary alicyclic amines) is 1. The van der Waals surface area contributed by atoms with Gasteiger partial charge in [0.15, 0.2) is 0 Å². The van der Waals surface area contributed by atoms with E-state index in [1.54, 1.807) is 6.20 Å². The normalized spacial score (nSPS) is 23.4. The molecule has 0 unspecified atom stereocenters. The first-order valence-electron chi connectivity index (χ1n) is 14.7. The molecule has 1 saturated carbocycles. The number of piperidine rings is 1. The summed E-state index contributed by atoms with van der Waals surface area (Å²) in [7, 11) is 0. The number of hydrogen-bond acceptors (Lipinski definition) is 6. The van der Waals surface area contributed by atoms with E-state index >= 15 is 0 Å². The monoisotopic (exact) mass is 556 g/mol. The largest absolute Gasteiger partial charge is 0.393 e. The molecule has 4 heterocycles. The first-order valence-corrected chi connectivity index (χ1v) is 14.7. The third kappa shape index (κ3) is 6.29. The average Bonchev–Trinajstić information content (AvgIpc) is 3.28. The number of alkyl halides is 3. The Labute approximate surface area is 233 Å². The van der Waals surface area contributed by atoms with E-state index in [1.165, 1.54) is 31.5 Å². The summed E-state index contributed by atoms with van der Waals surface area (Å²) >= 11 is 0. The molecule has 2 saturated heterocycles. The lowest BCUT2D eigenvalue weighted by Crippen LogP contribution is -2.49. The van der Waals surface area contributed by atoms with Gasteiger partial charge >= 0.3 is 6.18 Å². The van der Waals surface area contributed by atoms with Gasteiger partial charge in [-0.15, -0.1) is 0 Å². The molecule has 3 aliphatic rings. The van der Waals surface area contributed by atoms with E-state index in [2.05, 4.69) is 60.5 Å². The van der Waals surface area contributed by atoms with Gasteiger partial charge in [-0.3, -0.25) is 4.90 Å². The fraction of sp³-hybridized carbons (Fsp3) is 0.600. The molecule has 0 bridgehead atoms. The minimum Gasteiger partial charge on any atom is -0.393 e. The Morgan fingerprint density at radius 3 is 2.35 bits per heavy atom. The predicted molar refractivity (Wildman–Crippen MR) is 150 cm³/mol. The van der Waals surface area contributed by atoms with Crippen molar-refractivity contribution in [2.75, 3.05) is 38.0 Å². The Morgan fingerprint density at radius 2 is 1.70 bits per heavy atom. The molecule has 1 aliphatic carbocycles. The number of aromatic nitrogens is 3. The zero-order valence-electron chi connectivity index (χ0n) is 22.8. The summed E-state index contributed by atoms with van der Waals surface area (Å²) in [6, 6.07) is 8.88. The van der Waals surface area contributed by atoms with Crippen LogP contribution < -0.4 is 10.6 Å². The van der Waals surface area contributed by atoms with Gasteiger partial charge in [-0.2, -0.15) is 18.2 Å². The molecule has 2 aliphatic heterocycles. The molecule has 1 aromatic carbocycles. The van der Waals surface area contributed by atoms with Gasteiger partial charge in [0, 0.05) is 42.5 Å². The first kappa shape index (κ1) is 27.5. The molecule has 0 atom stereocenters. The third-order valence-corrected chi connectivity index (χ3v) is 9.11. The van der Waals surface area contributed by atoms with Crippen molar-refractivity contribution < 1.29 is 18.3 Å². The number of halogens is 3. The zero-order chi connectivity index (χ0) is 27.7. The fourth-order valence-electron chi connectivity index (χ4n) is 6.55. The smallest absolute Gasteiger partial charge is 0.390 e. The second-order valence-corrected chi connectivity index (χ2v) is 11.9. The molecule has 40 heavy (non-hydrogen) atoms. The number of hydrogen-bond donors (Lipinski definition) is 3. The Hall–Kier alpha value is -2.69. The van der Waals surface area contributed by atoms with E-state index < -0.39 is 12.6 Å². The lowest BCUT2D eigenvalue weighted by atomic mass is 9.81. The fourth-order valence-corrected chi connectivity index (χ4v) is 6.55. The Kier molecular flexibility index (Phi) is 8.01. The van der Waals surface area contributed by atoms with Crippen LogP contribution in [0.3, 0.4) is 0 Å². The molecule has 0 amide bonds. The highest BCUT2D eigenvalue weighted by Gasteiger charge is 2.30. The minimum absolute atomic E-state index is 0.176. The maximum absolute atomic E-state index is 12.7. The van der Waals surface area contributed by atoms with Crippen LogP contribution in [0.2, 0.25) is 0 Å². The highest BCUT2D eigenvalue weighted by Crippen LogP contribution is 2.37. The predicted octanol–water partition coefficient (Wildman–Crippen LogP) is 5.37. The quantitative estimate of drug-likeness (QED) is 0.346. The van der Waals surface area contributed by atoms with Crippen molar-refractivity contribution in [3.05, 3.63) is 42.2 Å². The molecule has 3 fully saturated rings. The summed E-state index contributed by atoms with van der Waals surface area (Å²) in [4.78, 5) is 11.6. The minimum atomic E-state index is -4.23. The van der Waals surface area contributed by atoms with Gasteiger partial charge in [0.05, 0.1) is 12.5 Å². The number of anilines is 1. The van der Waals surface area contributed by atoms with Crippen molar-refractivity contribution in [3.63, 3.8) is 0 Å².